The molecule has 1 heterocycles. The lowest BCUT2D eigenvalue weighted by Crippen LogP contribution is -2.35. The van der Waals surface area contributed by atoms with Crippen LogP contribution in [0.5, 0.6) is 0 Å². The number of halogens is 3. The van der Waals surface area contributed by atoms with Crippen molar-refractivity contribution in [3.63, 3.8) is 0 Å². The normalized spacial score (nSPS) is 17.6. The molecule has 0 amide bonds. The number of likely N-dealkylation sites (tertiary alicyclic amines) is 1. The Labute approximate surface area is 115 Å². The van der Waals surface area contributed by atoms with Crippen molar-refractivity contribution in [2.45, 2.75) is 39.3 Å². The zero-order valence-electron chi connectivity index (χ0n) is 11.5. The van der Waals surface area contributed by atoms with Crippen molar-refractivity contribution in [1.82, 2.24) is 4.90 Å². The highest BCUT2D eigenvalue weighted by Crippen LogP contribution is 2.26. The minimum Gasteiger partial charge on any atom is -0.462 e. The van der Waals surface area contributed by atoms with Crippen LogP contribution in [0, 0.1) is 0 Å². The summed E-state index contributed by atoms with van der Waals surface area (Å²) >= 11 is 0. The molecule has 0 spiro atoms. The first-order valence-corrected chi connectivity index (χ1v) is 6.53. The van der Waals surface area contributed by atoms with Gasteiger partial charge < -0.3 is 9.64 Å². The average molecular weight is 293 g/mol. The summed E-state index contributed by atoms with van der Waals surface area (Å²) in [7, 11) is 0. The van der Waals surface area contributed by atoms with E-state index in [1.807, 2.05) is 0 Å². The Balaban J connectivity index is 3.13. The second-order valence-electron chi connectivity index (χ2n) is 4.56. The minimum absolute atomic E-state index is 0.0467. The summed E-state index contributed by atoms with van der Waals surface area (Å²) in [6, 6.07) is 0. The van der Waals surface area contributed by atoms with E-state index >= 15 is 0 Å². The minimum atomic E-state index is -5.08. The third-order valence-electron chi connectivity index (χ3n) is 3.16. The molecule has 1 aliphatic rings. The third-order valence-corrected chi connectivity index (χ3v) is 3.16. The summed E-state index contributed by atoms with van der Waals surface area (Å²) in [5.41, 5.74) is -0.855. The van der Waals surface area contributed by atoms with Gasteiger partial charge in [-0.15, -0.1) is 0 Å². The van der Waals surface area contributed by atoms with Crippen molar-refractivity contribution in [2.75, 3.05) is 19.7 Å². The van der Waals surface area contributed by atoms with Crippen LogP contribution in [0.2, 0.25) is 0 Å². The molecule has 0 bridgehead atoms. The van der Waals surface area contributed by atoms with Crippen molar-refractivity contribution < 1.29 is 27.5 Å². The number of ether oxygens (including phenoxy) is 1. The van der Waals surface area contributed by atoms with Gasteiger partial charge in [-0.3, -0.25) is 4.79 Å². The largest absolute Gasteiger partial charge is 0.462 e. The molecule has 1 aliphatic heterocycles. The van der Waals surface area contributed by atoms with Crippen molar-refractivity contribution in [1.29, 1.82) is 0 Å². The quantitative estimate of drug-likeness (QED) is 0.346. The molecule has 1 fully saturated rings. The van der Waals surface area contributed by atoms with Crippen LogP contribution in [0.25, 0.3) is 0 Å². The molecule has 0 saturated carbocycles. The molecular formula is C13H18F3NO3. The number of piperidine rings is 1. The standard InChI is InChI=1S/C13H18F3NO3/c1-3-20-12(19)10(11(18)13(14,15)16)9(2)17-7-5-4-6-8-17/h3-8H2,1-2H3/b10-9-. The van der Waals surface area contributed by atoms with Crippen LogP contribution in [-0.4, -0.2) is 42.5 Å². The first-order valence-electron chi connectivity index (χ1n) is 6.53. The van der Waals surface area contributed by atoms with E-state index in [1.165, 1.54) is 13.8 Å². The van der Waals surface area contributed by atoms with E-state index in [2.05, 4.69) is 4.74 Å². The van der Waals surface area contributed by atoms with Gasteiger partial charge >= 0.3 is 12.1 Å². The summed E-state index contributed by atoms with van der Waals surface area (Å²) < 4.78 is 42.4. The second kappa shape index (κ2) is 6.76. The number of rotatable bonds is 4. The molecule has 0 N–H and O–H groups in total. The number of ketones is 1. The second-order valence-corrected chi connectivity index (χ2v) is 4.56. The number of carbonyl (C=O) groups is 2. The van der Waals surface area contributed by atoms with Crippen LogP contribution >= 0.6 is 0 Å². The van der Waals surface area contributed by atoms with Crippen LogP contribution in [0.3, 0.4) is 0 Å². The van der Waals surface area contributed by atoms with Crippen molar-refractivity contribution in [3.8, 4) is 0 Å². The number of hydrogen-bond donors (Lipinski definition) is 0. The third kappa shape index (κ3) is 3.98. The SMILES string of the molecule is CCOC(=O)/C(C(=O)C(F)(F)F)=C(/C)N1CCCCC1. The molecule has 1 rings (SSSR count). The van der Waals surface area contributed by atoms with Crippen LogP contribution in [-0.2, 0) is 14.3 Å². The summed E-state index contributed by atoms with van der Waals surface area (Å²) in [4.78, 5) is 24.8. The highest BCUT2D eigenvalue weighted by Gasteiger charge is 2.45. The van der Waals surface area contributed by atoms with Gasteiger partial charge in [0, 0.05) is 18.8 Å². The summed E-state index contributed by atoms with van der Waals surface area (Å²) in [5, 5.41) is 0. The van der Waals surface area contributed by atoms with Gasteiger partial charge in [-0.05, 0) is 33.1 Å². The number of Topliss-reactive ketones (excluding diaryl/α,β-unsaturated/α-hetero) is 1. The summed E-state index contributed by atoms with van der Waals surface area (Å²) in [6.45, 7) is 3.84. The maximum Gasteiger partial charge on any atom is 0.455 e. The molecule has 7 heteroatoms. The fraction of sp³-hybridized carbons (Fsp3) is 0.692. The highest BCUT2D eigenvalue weighted by molar-refractivity contribution is 6.19. The number of esters is 1. The number of nitrogens with zero attached hydrogens (tertiary/aromatic N) is 1. The van der Waals surface area contributed by atoms with E-state index in [4.69, 9.17) is 0 Å². The Morgan fingerprint density at radius 1 is 1.15 bits per heavy atom. The zero-order chi connectivity index (χ0) is 15.3. The van der Waals surface area contributed by atoms with Crippen LogP contribution in [0.4, 0.5) is 13.2 Å². The topological polar surface area (TPSA) is 46.6 Å². The Morgan fingerprint density at radius 3 is 2.15 bits per heavy atom. The molecule has 0 aliphatic carbocycles. The van der Waals surface area contributed by atoms with Gasteiger partial charge in [0.1, 0.15) is 5.57 Å². The Morgan fingerprint density at radius 2 is 1.70 bits per heavy atom. The Bertz CT molecular complexity index is 410. The van der Waals surface area contributed by atoms with E-state index in [1.54, 1.807) is 4.90 Å². The fourth-order valence-corrected chi connectivity index (χ4v) is 2.14. The van der Waals surface area contributed by atoms with Gasteiger partial charge in [0.15, 0.2) is 0 Å². The Kier molecular flexibility index (Phi) is 5.59. The molecule has 4 nitrogen and oxygen atoms in total. The lowest BCUT2D eigenvalue weighted by Gasteiger charge is -2.30. The monoisotopic (exact) mass is 293 g/mol. The predicted molar refractivity (Wildman–Crippen MR) is 65.8 cm³/mol. The van der Waals surface area contributed by atoms with Crippen LogP contribution in [0.15, 0.2) is 11.3 Å². The van der Waals surface area contributed by atoms with Crippen molar-refractivity contribution >= 4 is 11.8 Å². The van der Waals surface area contributed by atoms with Gasteiger partial charge in [-0.25, -0.2) is 4.79 Å². The van der Waals surface area contributed by atoms with Gasteiger partial charge in [0.25, 0.3) is 5.78 Å². The lowest BCUT2D eigenvalue weighted by atomic mass is 10.1. The summed E-state index contributed by atoms with van der Waals surface area (Å²) in [5.74, 6) is -3.35. The van der Waals surface area contributed by atoms with E-state index in [9.17, 15) is 22.8 Å². The van der Waals surface area contributed by atoms with Crippen molar-refractivity contribution in [3.05, 3.63) is 11.3 Å². The van der Waals surface area contributed by atoms with Gasteiger partial charge in [-0.2, -0.15) is 13.2 Å². The van der Waals surface area contributed by atoms with Crippen LogP contribution in [0.1, 0.15) is 33.1 Å². The highest BCUT2D eigenvalue weighted by atomic mass is 19.4. The van der Waals surface area contributed by atoms with Gasteiger partial charge in [0.05, 0.1) is 6.61 Å². The van der Waals surface area contributed by atoms with Gasteiger partial charge in [0.2, 0.25) is 0 Å². The Hall–Kier alpha value is -1.53. The molecule has 0 aromatic rings. The summed E-state index contributed by atoms with van der Waals surface area (Å²) in [6.07, 6.45) is -2.44. The lowest BCUT2D eigenvalue weighted by molar-refractivity contribution is -0.169. The van der Waals surface area contributed by atoms with E-state index in [0.29, 0.717) is 13.1 Å². The molecule has 0 aromatic carbocycles. The van der Waals surface area contributed by atoms with Crippen LogP contribution < -0.4 is 0 Å². The number of carbonyl (C=O) groups excluding carboxylic acids is 2. The molecular weight excluding hydrogens is 275 g/mol. The fourth-order valence-electron chi connectivity index (χ4n) is 2.14. The molecule has 1 saturated heterocycles. The average Bonchev–Trinajstić information content (AvgIpc) is 2.39. The molecule has 0 radical (unpaired) electrons. The van der Waals surface area contributed by atoms with Crippen molar-refractivity contribution in [2.24, 2.45) is 0 Å². The molecule has 0 aromatic heterocycles. The maximum absolute atomic E-state index is 12.6. The maximum atomic E-state index is 12.6. The first-order chi connectivity index (χ1) is 9.29. The number of hydrogen-bond acceptors (Lipinski definition) is 4. The molecule has 0 atom stereocenters. The molecule has 114 valence electrons. The smallest absolute Gasteiger partial charge is 0.455 e. The zero-order valence-corrected chi connectivity index (χ0v) is 11.5. The molecule has 20 heavy (non-hydrogen) atoms. The number of alkyl halides is 3. The first kappa shape index (κ1) is 16.5. The predicted octanol–water partition coefficient (Wildman–Crippen LogP) is 2.44. The number of allylic oxidation sites excluding steroid dienone is 1. The van der Waals surface area contributed by atoms with Gasteiger partial charge in [-0.1, -0.05) is 0 Å². The van der Waals surface area contributed by atoms with E-state index in [-0.39, 0.29) is 12.3 Å². The van der Waals surface area contributed by atoms with E-state index in [0.717, 1.165) is 19.3 Å². The van der Waals surface area contributed by atoms with E-state index < -0.39 is 23.5 Å². The molecule has 0 unspecified atom stereocenters.